The van der Waals surface area contributed by atoms with Crippen molar-refractivity contribution in [2.75, 3.05) is 6.54 Å². The highest BCUT2D eigenvalue weighted by Crippen LogP contribution is 2.28. The first-order chi connectivity index (χ1) is 5.97. The third-order valence-electron chi connectivity index (χ3n) is 2.10. The summed E-state index contributed by atoms with van der Waals surface area (Å²) in [6, 6.07) is 5.85. The monoisotopic (exact) mass is 243 g/mol. The fraction of sp³-hybridized carbons (Fsp3) is 0.400. The summed E-state index contributed by atoms with van der Waals surface area (Å²) in [7, 11) is 0. The number of halogens is 1. The van der Waals surface area contributed by atoms with Crippen LogP contribution in [0.5, 0.6) is 0 Å². The Hall–Kier alpha value is -0.380. The van der Waals surface area contributed by atoms with Gasteiger partial charge in [-0.15, -0.1) is 0 Å². The largest absolute Gasteiger partial charge is 0.384 e. The Labute approximate surface area is 86.9 Å². The molecule has 3 heteroatoms. The van der Waals surface area contributed by atoms with Crippen LogP contribution in [0.25, 0.3) is 0 Å². The Bertz CT molecular complexity index is 310. The van der Waals surface area contributed by atoms with Crippen LogP contribution in [0.2, 0.25) is 0 Å². The van der Waals surface area contributed by atoms with Crippen LogP contribution >= 0.6 is 15.9 Å². The second kappa shape index (κ2) is 3.78. The lowest BCUT2D eigenvalue weighted by Crippen LogP contribution is -2.31. The van der Waals surface area contributed by atoms with E-state index in [1.165, 1.54) is 0 Å². The summed E-state index contributed by atoms with van der Waals surface area (Å²) < 4.78 is 0.897. The van der Waals surface area contributed by atoms with Gasteiger partial charge in [0.05, 0.1) is 0 Å². The van der Waals surface area contributed by atoms with Crippen molar-refractivity contribution in [3.05, 3.63) is 33.8 Å². The average Bonchev–Trinajstić information content (AvgIpc) is 2.09. The number of nitrogens with two attached hydrogens (primary N) is 1. The van der Waals surface area contributed by atoms with E-state index in [4.69, 9.17) is 5.73 Å². The zero-order valence-corrected chi connectivity index (χ0v) is 9.43. The minimum Gasteiger partial charge on any atom is -0.384 e. The summed E-state index contributed by atoms with van der Waals surface area (Å²) in [4.78, 5) is 0. The summed E-state index contributed by atoms with van der Waals surface area (Å²) in [6.45, 7) is 3.92. The van der Waals surface area contributed by atoms with Crippen molar-refractivity contribution in [2.24, 2.45) is 5.73 Å². The van der Waals surface area contributed by atoms with E-state index in [-0.39, 0.29) is 6.54 Å². The first-order valence-corrected chi connectivity index (χ1v) is 4.96. The highest BCUT2D eigenvalue weighted by molar-refractivity contribution is 9.10. The van der Waals surface area contributed by atoms with Crippen LogP contribution in [0.15, 0.2) is 22.7 Å². The third kappa shape index (κ3) is 2.30. The van der Waals surface area contributed by atoms with Gasteiger partial charge in [-0.3, -0.25) is 0 Å². The molecule has 0 aliphatic heterocycles. The van der Waals surface area contributed by atoms with Gasteiger partial charge in [0.15, 0.2) is 0 Å². The molecule has 72 valence electrons. The van der Waals surface area contributed by atoms with E-state index < -0.39 is 5.60 Å². The Morgan fingerprint density at radius 3 is 2.69 bits per heavy atom. The van der Waals surface area contributed by atoms with Gasteiger partial charge in [-0.2, -0.15) is 0 Å². The van der Waals surface area contributed by atoms with Gasteiger partial charge >= 0.3 is 0 Å². The molecular weight excluding hydrogens is 230 g/mol. The van der Waals surface area contributed by atoms with Crippen molar-refractivity contribution in [3.8, 4) is 0 Å². The fourth-order valence-electron chi connectivity index (χ4n) is 1.16. The number of aryl methyl sites for hydroxylation is 1. The number of rotatable bonds is 2. The third-order valence-corrected chi connectivity index (χ3v) is 2.79. The first-order valence-electron chi connectivity index (χ1n) is 4.16. The van der Waals surface area contributed by atoms with Crippen LogP contribution in [-0.2, 0) is 5.60 Å². The molecule has 0 amide bonds. The molecule has 0 aliphatic carbocycles. The molecule has 0 radical (unpaired) electrons. The van der Waals surface area contributed by atoms with E-state index in [1.54, 1.807) is 6.92 Å². The number of aliphatic hydroxyl groups is 1. The number of benzene rings is 1. The van der Waals surface area contributed by atoms with Crippen molar-refractivity contribution < 1.29 is 5.11 Å². The smallest absolute Gasteiger partial charge is 0.100 e. The van der Waals surface area contributed by atoms with Gasteiger partial charge in [0.2, 0.25) is 0 Å². The van der Waals surface area contributed by atoms with E-state index in [9.17, 15) is 5.11 Å². The van der Waals surface area contributed by atoms with Gasteiger partial charge < -0.3 is 10.8 Å². The maximum Gasteiger partial charge on any atom is 0.100 e. The molecule has 0 spiro atoms. The molecule has 13 heavy (non-hydrogen) atoms. The molecule has 1 unspecified atom stereocenters. The lowest BCUT2D eigenvalue weighted by Gasteiger charge is -2.23. The second-order valence-electron chi connectivity index (χ2n) is 3.46. The van der Waals surface area contributed by atoms with Crippen LogP contribution in [0.1, 0.15) is 18.1 Å². The van der Waals surface area contributed by atoms with Crippen molar-refractivity contribution in [1.29, 1.82) is 0 Å². The number of hydrogen-bond acceptors (Lipinski definition) is 2. The second-order valence-corrected chi connectivity index (χ2v) is 4.32. The van der Waals surface area contributed by atoms with Gasteiger partial charge in [-0.1, -0.05) is 33.6 Å². The highest BCUT2D eigenvalue weighted by atomic mass is 79.9. The normalized spacial score (nSPS) is 15.5. The summed E-state index contributed by atoms with van der Waals surface area (Å²) >= 11 is 3.39. The fourth-order valence-corrected chi connectivity index (χ4v) is 1.84. The van der Waals surface area contributed by atoms with Gasteiger partial charge in [-0.05, 0) is 25.5 Å². The van der Waals surface area contributed by atoms with Crippen LogP contribution < -0.4 is 5.73 Å². The Kier molecular flexibility index (Phi) is 3.11. The molecule has 1 aromatic carbocycles. The summed E-state index contributed by atoms with van der Waals surface area (Å²) in [6.07, 6.45) is 0. The topological polar surface area (TPSA) is 46.2 Å². The molecular formula is C10H14BrNO. The summed E-state index contributed by atoms with van der Waals surface area (Å²) in [5.74, 6) is 0. The molecule has 1 aromatic rings. The lowest BCUT2D eigenvalue weighted by molar-refractivity contribution is 0.0660. The predicted octanol–water partition coefficient (Wildman–Crippen LogP) is 1.92. The number of hydrogen-bond donors (Lipinski definition) is 2. The molecule has 0 aromatic heterocycles. The molecule has 0 aliphatic rings. The molecule has 0 saturated carbocycles. The Morgan fingerprint density at radius 2 is 2.15 bits per heavy atom. The first kappa shape index (κ1) is 10.7. The molecule has 3 N–H and O–H groups in total. The van der Waals surface area contributed by atoms with Gasteiger partial charge in [-0.25, -0.2) is 0 Å². The molecule has 0 bridgehead atoms. The summed E-state index contributed by atoms with van der Waals surface area (Å²) in [5, 5.41) is 9.94. The SMILES string of the molecule is Cc1ccc(Br)c(C(C)(O)CN)c1. The van der Waals surface area contributed by atoms with Gasteiger partial charge in [0.25, 0.3) is 0 Å². The zero-order valence-electron chi connectivity index (χ0n) is 7.84. The van der Waals surface area contributed by atoms with E-state index in [0.29, 0.717) is 0 Å². The Balaban J connectivity index is 3.20. The molecule has 0 saturated heterocycles. The van der Waals surface area contributed by atoms with Crippen molar-refractivity contribution in [2.45, 2.75) is 19.4 Å². The van der Waals surface area contributed by atoms with E-state index >= 15 is 0 Å². The minimum absolute atomic E-state index is 0.217. The standard InChI is InChI=1S/C10H14BrNO/c1-7-3-4-9(11)8(5-7)10(2,13)6-12/h3-5,13H,6,12H2,1-2H3. The minimum atomic E-state index is -0.954. The predicted molar refractivity (Wildman–Crippen MR) is 57.5 cm³/mol. The molecule has 1 atom stereocenters. The van der Waals surface area contributed by atoms with E-state index in [0.717, 1.165) is 15.6 Å². The van der Waals surface area contributed by atoms with Crippen LogP contribution in [0.3, 0.4) is 0 Å². The van der Waals surface area contributed by atoms with Gasteiger partial charge in [0, 0.05) is 11.0 Å². The van der Waals surface area contributed by atoms with Crippen LogP contribution in [-0.4, -0.2) is 11.7 Å². The molecule has 1 rings (SSSR count). The maximum atomic E-state index is 9.94. The van der Waals surface area contributed by atoms with Crippen molar-refractivity contribution >= 4 is 15.9 Å². The van der Waals surface area contributed by atoms with E-state index in [1.807, 2.05) is 25.1 Å². The van der Waals surface area contributed by atoms with Crippen LogP contribution in [0.4, 0.5) is 0 Å². The average molecular weight is 244 g/mol. The zero-order chi connectivity index (χ0) is 10.1. The van der Waals surface area contributed by atoms with E-state index in [2.05, 4.69) is 15.9 Å². The summed E-state index contributed by atoms with van der Waals surface area (Å²) in [5.41, 5.74) is 6.49. The van der Waals surface area contributed by atoms with Crippen molar-refractivity contribution in [3.63, 3.8) is 0 Å². The van der Waals surface area contributed by atoms with Crippen LogP contribution in [0, 0.1) is 6.92 Å². The highest BCUT2D eigenvalue weighted by Gasteiger charge is 2.23. The van der Waals surface area contributed by atoms with Crippen molar-refractivity contribution in [1.82, 2.24) is 0 Å². The molecule has 0 fully saturated rings. The quantitative estimate of drug-likeness (QED) is 0.834. The molecule has 0 heterocycles. The lowest BCUT2D eigenvalue weighted by atomic mass is 9.95. The Morgan fingerprint density at radius 1 is 1.54 bits per heavy atom. The molecule has 2 nitrogen and oxygen atoms in total. The van der Waals surface area contributed by atoms with Gasteiger partial charge in [0.1, 0.15) is 5.60 Å². The maximum absolute atomic E-state index is 9.94.